The molecule has 1 atom stereocenters. The summed E-state index contributed by atoms with van der Waals surface area (Å²) in [5, 5.41) is 18.0. The molecule has 0 saturated carbocycles. The summed E-state index contributed by atoms with van der Waals surface area (Å²) in [5.41, 5.74) is -1.57. The van der Waals surface area contributed by atoms with Crippen molar-refractivity contribution in [3.63, 3.8) is 0 Å². The first-order chi connectivity index (χ1) is 15.7. The Hall–Kier alpha value is -3.43. The summed E-state index contributed by atoms with van der Waals surface area (Å²) < 4.78 is 61.6. The second kappa shape index (κ2) is 8.84. The fourth-order valence-corrected chi connectivity index (χ4v) is 3.58. The van der Waals surface area contributed by atoms with E-state index in [1.807, 2.05) is 0 Å². The molecule has 4 aromatic rings. The zero-order valence-electron chi connectivity index (χ0n) is 17.6. The molecule has 4 rings (SSSR count). The number of benzene rings is 3. The first kappa shape index (κ1) is 22.8. The Kier molecular flexibility index (Phi) is 6.09. The molecule has 0 bridgehead atoms. The van der Waals surface area contributed by atoms with Crippen molar-refractivity contribution >= 4 is 10.9 Å². The van der Waals surface area contributed by atoms with Gasteiger partial charge >= 0.3 is 6.18 Å². The van der Waals surface area contributed by atoms with Gasteiger partial charge in [-0.3, -0.25) is 0 Å². The van der Waals surface area contributed by atoms with Crippen LogP contribution in [0.2, 0.25) is 0 Å². The predicted octanol–water partition coefficient (Wildman–Crippen LogP) is 4.71. The molecule has 1 aromatic heterocycles. The Labute approximate surface area is 187 Å². The number of aliphatic hydroxyl groups is 1. The quantitative estimate of drug-likeness (QED) is 0.393. The lowest BCUT2D eigenvalue weighted by molar-refractivity contribution is -0.264. The summed E-state index contributed by atoms with van der Waals surface area (Å²) in [7, 11) is 1.52. The molecule has 2 N–H and O–H groups in total. The first-order valence-corrected chi connectivity index (χ1v) is 10.1. The number of aromatic nitrogens is 2. The molecule has 0 aliphatic carbocycles. The van der Waals surface area contributed by atoms with Gasteiger partial charge in [-0.15, -0.1) is 0 Å². The fourth-order valence-electron chi connectivity index (χ4n) is 3.58. The summed E-state index contributed by atoms with van der Waals surface area (Å²) in [6.07, 6.45) is -3.51. The van der Waals surface area contributed by atoms with Crippen molar-refractivity contribution in [3.8, 4) is 11.4 Å². The van der Waals surface area contributed by atoms with Crippen molar-refractivity contribution in [3.05, 3.63) is 89.9 Å². The Morgan fingerprint density at radius 3 is 2.33 bits per heavy atom. The Morgan fingerprint density at radius 1 is 1.00 bits per heavy atom. The van der Waals surface area contributed by atoms with Crippen LogP contribution in [0.5, 0.6) is 5.75 Å². The monoisotopic (exact) mass is 459 g/mol. The van der Waals surface area contributed by atoms with Crippen LogP contribution < -0.4 is 10.1 Å². The van der Waals surface area contributed by atoms with Gasteiger partial charge in [0.15, 0.2) is 5.60 Å². The molecule has 5 nitrogen and oxygen atoms in total. The van der Waals surface area contributed by atoms with E-state index in [1.54, 1.807) is 24.3 Å². The van der Waals surface area contributed by atoms with E-state index >= 15 is 0 Å². The highest BCUT2D eigenvalue weighted by Crippen LogP contribution is 2.39. The van der Waals surface area contributed by atoms with Crippen LogP contribution >= 0.6 is 0 Å². The van der Waals surface area contributed by atoms with Crippen LogP contribution in [0.15, 0.2) is 72.9 Å². The second-order valence-corrected chi connectivity index (χ2v) is 7.62. The lowest BCUT2D eigenvalue weighted by Crippen LogP contribution is -2.49. The lowest BCUT2D eigenvalue weighted by atomic mass is 9.92. The summed E-state index contributed by atoms with van der Waals surface area (Å²) in [4.78, 5) is 0. The second-order valence-electron chi connectivity index (χ2n) is 7.62. The first-order valence-electron chi connectivity index (χ1n) is 10.1. The van der Waals surface area contributed by atoms with Crippen molar-refractivity contribution in [2.75, 3.05) is 13.7 Å². The smallest absolute Gasteiger partial charge is 0.422 e. The zero-order valence-corrected chi connectivity index (χ0v) is 17.6. The molecule has 0 fully saturated rings. The maximum atomic E-state index is 14.0. The SMILES string of the molecule is COc1ccc(CNCC(O)(c2ccc3c(cnn3-c3ccc(F)cc3)c2)C(F)(F)F)cc1. The van der Waals surface area contributed by atoms with Gasteiger partial charge in [0.25, 0.3) is 0 Å². The minimum absolute atomic E-state index is 0.132. The molecule has 3 aromatic carbocycles. The normalized spacial score (nSPS) is 13.8. The Balaban J connectivity index is 1.59. The highest BCUT2D eigenvalue weighted by Gasteiger charge is 2.54. The summed E-state index contributed by atoms with van der Waals surface area (Å²) in [5.74, 6) is 0.231. The van der Waals surface area contributed by atoms with E-state index in [0.29, 0.717) is 22.3 Å². The van der Waals surface area contributed by atoms with Gasteiger partial charge in [-0.25, -0.2) is 9.07 Å². The van der Waals surface area contributed by atoms with Gasteiger partial charge in [0, 0.05) is 18.5 Å². The minimum Gasteiger partial charge on any atom is -0.497 e. The van der Waals surface area contributed by atoms with Gasteiger partial charge in [-0.2, -0.15) is 18.3 Å². The largest absolute Gasteiger partial charge is 0.497 e. The molecule has 0 radical (unpaired) electrons. The van der Waals surface area contributed by atoms with Gasteiger partial charge in [-0.1, -0.05) is 18.2 Å². The Morgan fingerprint density at radius 2 is 1.70 bits per heavy atom. The van der Waals surface area contributed by atoms with E-state index < -0.39 is 24.1 Å². The van der Waals surface area contributed by atoms with E-state index in [4.69, 9.17) is 4.74 Å². The van der Waals surface area contributed by atoms with Crippen LogP contribution in [-0.2, 0) is 12.1 Å². The average Bonchev–Trinajstić information content (AvgIpc) is 3.22. The van der Waals surface area contributed by atoms with E-state index in [1.165, 1.54) is 60.5 Å². The third-order valence-electron chi connectivity index (χ3n) is 5.45. The molecule has 1 heterocycles. The third-order valence-corrected chi connectivity index (χ3v) is 5.45. The number of methoxy groups -OCH3 is 1. The number of rotatable bonds is 7. The van der Waals surface area contributed by atoms with E-state index in [9.17, 15) is 22.7 Å². The van der Waals surface area contributed by atoms with Crippen molar-refractivity contribution in [2.45, 2.75) is 18.3 Å². The van der Waals surface area contributed by atoms with Gasteiger partial charge in [0.2, 0.25) is 0 Å². The van der Waals surface area contributed by atoms with Crippen molar-refractivity contribution in [1.29, 1.82) is 0 Å². The van der Waals surface area contributed by atoms with Gasteiger partial charge in [0.05, 0.1) is 24.5 Å². The number of alkyl halides is 3. The number of hydrogen-bond donors (Lipinski definition) is 2. The van der Waals surface area contributed by atoms with Crippen LogP contribution in [-0.4, -0.2) is 34.7 Å². The van der Waals surface area contributed by atoms with Crippen molar-refractivity contribution in [2.24, 2.45) is 0 Å². The highest BCUT2D eigenvalue weighted by molar-refractivity contribution is 5.81. The number of nitrogens with one attached hydrogen (secondary N) is 1. The number of ether oxygens (including phenoxy) is 1. The molecule has 0 spiro atoms. The maximum absolute atomic E-state index is 14.0. The summed E-state index contributed by atoms with van der Waals surface area (Å²) in [6.45, 7) is -0.604. The molecule has 0 amide bonds. The molecule has 1 unspecified atom stereocenters. The van der Waals surface area contributed by atoms with Crippen LogP contribution in [0.1, 0.15) is 11.1 Å². The van der Waals surface area contributed by atoms with Crippen LogP contribution in [0.3, 0.4) is 0 Å². The Bertz CT molecular complexity index is 1240. The van der Waals surface area contributed by atoms with E-state index in [-0.39, 0.29) is 12.1 Å². The van der Waals surface area contributed by atoms with E-state index in [2.05, 4.69) is 10.4 Å². The van der Waals surface area contributed by atoms with Crippen molar-refractivity contribution < 1.29 is 27.4 Å². The minimum atomic E-state index is -4.92. The van der Waals surface area contributed by atoms with Gasteiger partial charge in [-0.05, 0) is 59.7 Å². The molecular formula is C24H21F4N3O2. The molecule has 0 aliphatic heterocycles. The van der Waals surface area contributed by atoms with Crippen LogP contribution in [0.4, 0.5) is 17.6 Å². The molecular weight excluding hydrogens is 438 g/mol. The zero-order chi connectivity index (χ0) is 23.6. The number of nitrogens with zero attached hydrogens (tertiary/aromatic N) is 2. The fraction of sp³-hybridized carbons (Fsp3) is 0.208. The number of halogens is 4. The predicted molar refractivity (Wildman–Crippen MR) is 116 cm³/mol. The third kappa shape index (κ3) is 4.55. The number of hydrogen-bond acceptors (Lipinski definition) is 4. The number of fused-ring (bicyclic) bond motifs is 1. The standard InChI is InChI=1S/C24H21F4N3O2/c1-33-21-9-2-16(3-10-21)13-29-15-23(32,24(26,27)28)18-4-11-22-17(12-18)14-30-31(22)20-7-5-19(25)6-8-20/h2-12,14,29,32H,13,15H2,1H3. The summed E-state index contributed by atoms with van der Waals surface area (Å²) >= 11 is 0. The topological polar surface area (TPSA) is 59.3 Å². The van der Waals surface area contributed by atoms with Gasteiger partial charge < -0.3 is 15.2 Å². The molecule has 9 heteroatoms. The maximum Gasteiger partial charge on any atom is 0.422 e. The van der Waals surface area contributed by atoms with Crippen LogP contribution in [0.25, 0.3) is 16.6 Å². The molecule has 0 saturated heterocycles. The average molecular weight is 459 g/mol. The van der Waals surface area contributed by atoms with Gasteiger partial charge in [0.1, 0.15) is 11.6 Å². The van der Waals surface area contributed by atoms with Crippen molar-refractivity contribution in [1.82, 2.24) is 15.1 Å². The van der Waals surface area contributed by atoms with E-state index in [0.717, 1.165) is 5.56 Å². The van der Waals surface area contributed by atoms with Crippen LogP contribution in [0, 0.1) is 5.82 Å². The molecule has 0 aliphatic rings. The molecule has 172 valence electrons. The molecule has 33 heavy (non-hydrogen) atoms. The highest BCUT2D eigenvalue weighted by atomic mass is 19.4. The lowest BCUT2D eigenvalue weighted by Gasteiger charge is -2.31. The summed E-state index contributed by atoms with van der Waals surface area (Å²) in [6, 6.07) is 16.4.